The molecule has 1 unspecified atom stereocenters. The van der Waals surface area contributed by atoms with Crippen LogP contribution in [0.15, 0.2) is 36.4 Å². The Bertz CT molecular complexity index is 764. The van der Waals surface area contributed by atoms with Crippen LogP contribution >= 0.6 is 0 Å². The number of hydrogen-bond donors (Lipinski definition) is 0. The van der Waals surface area contributed by atoms with Crippen LogP contribution in [-0.2, 0) is 0 Å². The van der Waals surface area contributed by atoms with Crippen molar-refractivity contribution in [1.29, 1.82) is 0 Å². The van der Waals surface area contributed by atoms with Crippen LogP contribution in [0.4, 0.5) is 0 Å². The van der Waals surface area contributed by atoms with E-state index in [2.05, 4.69) is 44.0 Å². The number of carbonyl (C=O) groups excluding carboxylic acids is 1. The molecule has 0 spiro atoms. The summed E-state index contributed by atoms with van der Waals surface area (Å²) in [6.45, 7) is 5.83. The Morgan fingerprint density at radius 3 is 2.52 bits per heavy atom. The van der Waals surface area contributed by atoms with E-state index in [1.54, 1.807) is 0 Å². The van der Waals surface area contributed by atoms with Gasteiger partial charge in [-0.3, -0.25) is 4.79 Å². The SMILES string of the molecule is CCCOc1ccc2cc(C(=O)C(CC)CN(C)C3CCCC3)ccc2c1. The van der Waals surface area contributed by atoms with Gasteiger partial charge in [-0.15, -0.1) is 0 Å². The Morgan fingerprint density at radius 1 is 1.11 bits per heavy atom. The summed E-state index contributed by atoms with van der Waals surface area (Å²) in [5.41, 5.74) is 0.830. The molecule has 0 N–H and O–H groups in total. The van der Waals surface area contributed by atoms with Gasteiger partial charge in [-0.05, 0) is 61.7 Å². The normalized spacial score (nSPS) is 16.1. The van der Waals surface area contributed by atoms with Crippen LogP contribution in [0.1, 0.15) is 62.7 Å². The number of carbonyl (C=O) groups is 1. The van der Waals surface area contributed by atoms with E-state index >= 15 is 0 Å². The van der Waals surface area contributed by atoms with Crippen molar-refractivity contribution in [2.75, 3.05) is 20.2 Å². The van der Waals surface area contributed by atoms with E-state index in [-0.39, 0.29) is 11.7 Å². The van der Waals surface area contributed by atoms with Crippen molar-refractivity contribution in [1.82, 2.24) is 4.90 Å². The lowest BCUT2D eigenvalue weighted by Gasteiger charge is -2.27. The van der Waals surface area contributed by atoms with Gasteiger partial charge in [0.25, 0.3) is 0 Å². The molecular weight excluding hydrogens is 334 g/mol. The largest absolute Gasteiger partial charge is 0.494 e. The molecule has 1 aliphatic rings. The number of hydrogen-bond acceptors (Lipinski definition) is 3. The van der Waals surface area contributed by atoms with Gasteiger partial charge < -0.3 is 9.64 Å². The molecule has 0 radical (unpaired) electrons. The van der Waals surface area contributed by atoms with Crippen molar-refractivity contribution >= 4 is 16.6 Å². The molecule has 0 bridgehead atoms. The van der Waals surface area contributed by atoms with E-state index in [1.165, 1.54) is 25.7 Å². The second-order valence-corrected chi connectivity index (χ2v) is 7.92. The van der Waals surface area contributed by atoms with Crippen LogP contribution in [-0.4, -0.2) is 36.9 Å². The highest BCUT2D eigenvalue weighted by molar-refractivity contribution is 6.01. The van der Waals surface area contributed by atoms with Crippen molar-refractivity contribution in [2.24, 2.45) is 5.92 Å². The molecule has 27 heavy (non-hydrogen) atoms. The lowest BCUT2D eigenvalue weighted by atomic mass is 9.93. The van der Waals surface area contributed by atoms with Gasteiger partial charge in [0.05, 0.1) is 6.61 Å². The van der Waals surface area contributed by atoms with Gasteiger partial charge >= 0.3 is 0 Å². The van der Waals surface area contributed by atoms with Crippen LogP contribution in [0.5, 0.6) is 5.75 Å². The average molecular weight is 368 g/mol. The number of ether oxygens (including phenoxy) is 1. The van der Waals surface area contributed by atoms with Crippen LogP contribution < -0.4 is 4.74 Å². The number of fused-ring (bicyclic) bond motifs is 1. The standard InChI is InChI=1S/C24H33NO2/c1-4-14-27-23-13-12-19-15-21(11-10-20(19)16-23)24(26)18(5-2)17-25(3)22-8-6-7-9-22/h10-13,15-16,18,22H,4-9,14,17H2,1-3H3. The third kappa shape index (κ3) is 4.90. The van der Waals surface area contributed by atoms with E-state index < -0.39 is 0 Å². The van der Waals surface area contributed by atoms with Gasteiger partial charge in [0, 0.05) is 24.1 Å². The predicted octanol–water partition coefficient (Wildman–Crippen LogP) is 5.71. The Hall–Kier alpha value is -1.87. The fourth-order valence-electron chi connectivity index (χ4n) is 4.16. The van der Waals surface area contributed by atoms with Crippen LogP contribution in [0.2, 0.25) is 0 Å². The topological polar surface area (TPSA) is 29.5 Å². The summed E-state index contributed by atoms with van der Waals surface area (Å²) in [7, 11) is 2.18. The molecule has 1 atom stereocenters. The summed E-state index contributed by atoms with van der Waals surface area (Å²) < 4.78 is 5.72. The number of ketones is 1. The third-order valence-electron chi connectivity index (χ3n) is 5.89. The van der Waals surface area contributed by atoms with Crippen molar-refractivity contribution in [3.8, 4) is 5.75 Å². The minimum Gasteiger partial charge on any atom is -0.494 e. The third-order valence-corrected chi connectivity index (χ3v) is 5.89. The van der Waals surface area contributed by atoms with E-state index in [0.717, 1.165) is 48.1 Å². The molecule has 1 fully saturated rings. The molecule has 3 heteroatoms. The van der Waals surface area contributed by atoms with Gasteiger partial charge in [-0.25, -0.2) is 0 Å². The summed E-state index contributed by atoms with van der Waals surface area (Å²) in [6, 6.07) is 12.8. The van der Waals surface area contributed by atoms with E-state index in [9.17, 15) is 4.79 Å². The predicted molar refractivity (Wildman–Crippen MR) is 113 cm³/mol. The summed E-state index contributed by atoms with van der Waals surface area (Å²) >= 11 is 0. The van der Waals surface area contributed by atoms with Gasteiger partial charge in [0.1, 0.15) is 5.75 Å². The first-order chi connectivity index (χ1) is 13.1. The number of rotatable bonds is 9. The Morgan fingerprint density at radius 2 is 1.81 bits per heavy atom. The van der Waals surface area contributed by atoms with Gasteiger partial charge in [0.2, 0.25) is 0 Å². The first kappa shape index (κ1) is 19.9. The Balaban J connectivity index is 1.72. The van der Waals surface area contributed by atoms with Gasteiger partial charge in [-0.1, -0.05) is 44.9 Å². The molecule has 3 nitrogen and oxygen atoms in total. The van der Waals surface area contributed by atoms with Crippen molar-refractivity contribution in [3.05, 3.63) is 42.0 Å². The zero-order chi connectivity index (χ0) is 19.2. The molecule has 0 saturated heterocycles. The summed E-state index contributed by atoms with van der Waals surface area (Å²) in [5.74, 6) is 1.24. The maximum atomic E-state index is 13.1. The molecule has 146 valence electrons. The van der Waals surface area contributed by atoms with E-state index in [4.69, 9.17) is 4.74 Å². The maximum absolute atomic E-state index is 13.1. The summed E-state index contributed by atoms with van der Waals surface area (Å²) in [4.78, 5) is 15.5. The fraction of sp³-hybridized carbons (Fsp3) is 0.542. The molecule has 0 aliphatic heterocycles. The zero-order valence-corrected chi connectivity index (χ0v) is 17.0. The van der Waals surface area contributed by atoms with Crippen LogP contribution in [0, 0.1) is 5.92 Å². The molecule has 1 saturated carbocycles. The highest BCUT2D eigenvalue weighted by Gasteiger charge is 2.25. The highest BCUT2D eigenvalue weighted by atomic mass is 16.5. The average Bonchev–Trinajstić information content (AvgIpc) is 3.24. The monoisotopic (exact) mass is 367 g/mol. The lowest BCUT2D eigenvalue weighted by Crippen LogP contribution is -2.36. The van der Waals surface area contributed by atoms with Crippen molar-refractivity contribution in [3.63, 3.8) is 0 Å². The number of Topliss-reactive ketones (excluding diaryl/α,β-unsaturated/α-hetero) is 1. The van der Waals surface area contributed by atoms with E-state index in [1.807, 2.05) is 18.2 Å². The van der Waals surface area contributed by atoms with Gasteiger partial charge in [0.15, 0.2) is 5.78 Å². The molecule has 1 aliphatic carbocycles. The fourth-order valence-corrected chi connectivity index (χ4v) is 4.16. The summed E-state index contributed by atoms with van der Waals surface area (Å²) in [5, 5.41) is 2.22. The Labute approximate surface area is 163 Å². The molecule has 0 heterocycles. The second kappa shape index (κ2) is 9.36. The molecule has 3 rings (SSSR count). The minimum absolute atomic E-state index is 0.0696. The maximum Gasteiger partial charge on any atom is 0.167 e. The molecule has 0 aromatic heterocycles. The molecular formula is C24H33NO2. The minimum atomic E-state index is 0.0696. The molecule has 0 amide bonds. The Kier molecular flexibility index (Phi) is 6.89. The van der Waals surface area contributed by atoms with Crippen molar-refractivity contribution in [2.45, 2.75) is 58.4 Å². The number of benzene rings is 2. The van der Waals surface area contributed by atoms with Gasteiger partial charge in [-0.2, -0.15) is 0 Å². The van der Waals surface area contributed by atoms with Crippen LogP contribution in [0.25, 0.3) is 10.8 Å². The molecule has 2 aromatic carbocycles. The van der Waals surface area contributed by atoms with E-state index in [0.29, 0.717) is 6.04 Å². The van der Waals surface area contributed by atoms with Crippen LogP contribution in [0.3, 0.4) is 0 Å². The first-order valence-corrected chi connectivity index (χ1v) is 10.5. The number of nitrogens with zero attached hydrogens (tertiary/aromatic N) is 1. The lowest BCUT2D eigenvalue weighted by molar-refractivity contribution is 0.0868. The molecule has 2 aromatic rings. The quantitative estimate of drug-likeness (QED) is 0.532. The van der Waals surface area contributed by atoms with Crippen molar-refractivity contribution < 1.29 is 9.53 Å². The second-order valence-electron chi connectivity index (χ2n) is 7.92. The highest BCUT2D eigenvalue weighted by Crippen LogP contribution is 2.26. The first-order valence-electron chi connectivity index (χ1n) is 10.5. The summed E-state index contributed by atoms with van der Waals surface area (Å²) in [6.07, 6.45) is 7.10. The zero-order valence-electron chi connectivity index (χ0n) is 17.0. The smallest absolute Gasteiger partial charge is 0.167 e.